The molecule has 0 atom stereocenters. The van der Waals surface area contributed by atoms with Gasteiger partial charge in [-0.25, -0.2) is 4.98 Å². The van der Waals surface area contributed by atoms with Gasteiger partial charge in [0, 0.05) is 42.8 Å². The average molecular weight is 415 g/mol. The molecule has 4 aromatic rings. The molecule has 7 heteroatoms. The summed E-state index contributed by atoms with van der Waals surface area (Å²) in [6, 6.07) is 14.2. The van der Waals surface area contributed by atoms with Crippen molar-refractivity contribution in [3.8, 4) is 0 Å². The summed E-state index contributed by atoms with van der Waals surface area (Å²) in [7, 11) is 0. The number of amides is 1. The van der Waals surface area contributed by atoms with E-state index in [1.54, 1.807) is 0 Å². The number of nitrogens with one attached hydrogen (secondary N) is 1. The molecule has 0 saturated carbocycles. The Morgan fingerprint density at radius 3 is 2.61 bits per heavy atom. The van der Waals surface area contributed by atoms with Crippen molar-refractivity contribution in [2.75, 3.05) is 31.1 Å². The first-order chi connectivity index (χ1) is 15.0. The first-order valence-electron chi connectivity index (χ1n) is 10.6. The lowest BCUT2D eigenvalue weighted by atomic mass is 10.1. The van der Waals surface area contributed by atoms with Gasteiger partial charge in [0.25, 0.3) is 5.56 Å². The monoisotopic (exact) mass is 415 g/mol. The van der Waals surface area contributed by atoms with Crippen LogP contribution in [0.5, 0.6) is 0 Å². The van der Waals surface area contributed by atoms with E-state index in [-0.39, 0.29) is 18.0 Å². The van der Waals surface area contributed by atoms with E-state index in [0.717, 1.165) is 24.0 Å². The van der Waals surface area contributed by atoms with E-state index in [2.05, 4.69) is 46.9 Å². The summed E-state index contributed by atoms with van der Waals surface area (Å²) in [4.78, 5) is 37.6. The molecule has 3 heterocycles. The molecular weight excluding hydrogens is 390 g/mol. The standard InChI is InChI=1S/C24H25N5O2/c1-16-7-8-20(17(2)13-16)27-9-11-28(12-10-27)21(30)14-29-15-25-22-18-5-3-4-6-19(18)26-23(22)24(29)31/h3-8,13,15,26H,9-12,14H2,1-2H3. The normalized spacial score (nSPS) is 14.5. The summed E-state index contributed by atoms with van der Waals surface area (Å²) in [5.41, 5.74) is 5.46. The lowest BCUT2D eigenvalue weighted by Crippen LogP contribution is -2.50. The Balaban J connectivity index is 1.31. The highest BCUT2D eigenvalue weighted by Crippen LogP contribution is 2.23. The number of H-pyrrole nitrogens is 1. The molecule has 7 nitrogen and oxygen atoms in total. The number of rotatable bonds is 3. The van der Waals surface area contributed by atoms with Crippen LogP contribution in [-0.2, 0) is 11.3 Å². The Morgan fingerprint density at radius 2 is 1.84 bits per heavy atom. The van der Waals surface area contributed by atoms with Crippen LogP contribution in [0.4, 0.5) is 5.69 Å². The smallest absolute Gasteiger partial charge is 0.278 e. The molecular formula is C24H25N5O2. The largest absolute Gasteiger partial charge is 0.368 e. The van der Waals surface area contributed by atoms with Crippen molar-refractivity contribution >= 4 is 33.5 Å². The zero-order chi connectivity index (χ0) is 21.5. The third-order valence-corrected chi connectivity index (χ3v) is 6.11. The number of aryl methyl sites for hydroxylation is 2. The van der Waals surface area contributed by atoms with Crippen molar-refractivity contribution in [3.05, 3.63) is 70.3 Å². The molecule has 1 amide bonds. The molecule has 2 aromatic heterocycles. The maximum Gasteiger partial charge on any atom is 0.278 e. The van der Waals surface area contributed by atoms with Crippen molar-refractivity contribution in [2.45, 2.75) is 20.4 Å². The minimum Gasteiger partial charge on any atom is -0.368 e. The summed E-state index contributed by atoms with van der Waals surface area (Å²) in [5, 5.41) is 0.913. The van der Waals surface area contributed by atoms with Gasteiger partial charge in [0.05, 0.1) is 6.33 Å². The molecule has 1 N–H and O–H groups in total. The molecule has 31 heavy (non-hydrogen) atoms. The fraction of sp³-hybridized carbons (Fsp3) is 0.292. The molecule has 1 aliphatic heterocycles. The van der Waals surface area contributed by atoms with Gasteiger partial charge in [-0.1, -0.05) is 35.9 Å². The molecule has 158 valence electrons. The number of para-hydroxylation sites is 1. The van der Waals surface area contributed by atoms with Crippen LogP contribution in [0.25, 0.3) is 21.9 Å². The first-order valence-corrected chi connectivity index (χ1v) is 10.6. The number of benzene rings is 2. The number of carbonyl (C=O) groups is 1. The third-order valence-electron chi connectivity index (χ3n) is 6.11. The van der Waals surface area contributed by atoms with Crippen molar-refractivity contribution in [3.63, 3.8) is 0 Å². The van der Waals surface area contributed by atoms with Gasteiger partial charge in [0.2, 0.25) is 5.91 Å². The Kier molecular flexibility index (Phi) is 4.73. The molecule has 1 saturated heterocycles. The van der Waals surface area contributed by atoms with Crippen LogP contribution in [0.2, 0.25) is 0 Å². The van der Waals surface area contributed by atoms with Gasteiger partial charge in [-0.15, -0.1) is 0 Å². The third kappa shape index (κ3) is 3.46. The van der Waals surface area contributed by atoms with Crippen molar-refractivity contribution < 1.29 is 4.79 Å². The lowest BCUT2D eigenvalue weighted by molar-refractivity contribution is -0.132. The fourth-order valence-corrected chi connectivity index (χ4v) is 4.45. The van der Waals surface area contributed by atoms with E-state index >= 15 is 0 Å². The van der Waals surface area contributed by atoms with Gasteiger partial charge in [-0.05, 0) is 31.5 Å². The number of aromatic amines is 1. The highest BCUT2D eigenvalue weighted by atomic mass is 16.2. The quantitative estimate of drug-likeness (QED) is 0.558. The Labute approximate surface area is 179 Å². The number of fused-ring (bicyclic) bond motifs is 3. The molecule has 1 aliphatic rings. The average Bonchev–Trinajstić information content (AvgIpc) is 3.15. The molecule has 0 aliphatic carbocycles. The second kappa shape index (κ2) is 7.58. The Bertz CT molecular complexity index is 1350. The van der Waals surface area contributed by atoms with E-state index in [0.29, 0.717) is 24.1 Å². The predicted octanol–water partition coefficient (Wildman–Crippen LogP) is 2.84. The van der Waals surface area contributed by atoms with E-state index in [4.69, 9.17) is 0 Å². The van der Waals surface area contributed by atoms with Gasteiger partial charge < -0.3 is 14.8 Å². The summed E-state index contributed by atoms with van der Waals surface area (Å²) in [6.45, 7) is 7.07. The summed E-state index contributed by atoms with van der Waals surface area (Å²) in [6.07, 6.45) is 1.48. The molecule has 0 radical (unpaired) electrons. The van der Waals surface area contributed by atoms with Crippen LogP contribution < -0.4 is 10.5 Å². The number of anilines is 1. The van der Waals surface area contributed by atoms with Crippen molar-refractivity contribution in [1.29, 1.82) is 0 Å². The Hall–Kier alpha value is -3.61. The highest BCUT2D eigenvalue weighted by Gasteiger charge is 2.23. The molecule has 5 rings (SSSR count). The van der Waals surface area contributed by atoms with Crippen LogP contribution in [-0.4, -0.2) is 51.5 Å². The molecule has 1 fully saturated rings. The van der Waals surface area contributed by atoms with E-state index in [1.165, 1.54) is 27.7 Å². The number of hydrogen-bond acceptors (Lipinski definition) is 4. The van der Waals surface area contributed by atoms with Gasteiger partial charge in [-0.3, -0.25) is 14.2 Å². The minimum atomic E-state index is -0.219. The van der Waals surface area contributed by atoms with E-state index in [9.17, 15) is 9.59 Å². The SMILES string of the molecule is Cc1ccc(N2CCN(C(=O)Cn3cnc4c([nH]c5ccccc54)c3=O)CC2)c(C)c1. The zero-order valence-electron chi connectivity index (χ0n) is 17.8. The maximum absolute atomic E-state index is 12.9. The van der Waals surface area contributed by atoms with Crippen molar-refractivity contribution in [2.24, 2.45) is 0 Å². The highest BCUT2D eigenvalue weighted by molar-refractivity contribution is 6.04. The van der Waals surface area contributed by atoms with E-state index < -0.39 is 0 Å². The molecule has 0 spiro atoms. The van der Waals surface area contributed by atoms with Gasteiger partial charge >= 0.3 is 0 Å². The zero-order valence-corrected chi connectivity index (χ0v) is 17.8. The number of carbonyl (C=O) groups excluding carboxylic acids is 1. The van der Waals surface area contributed by atoms with Gasteiger partial charge in [0.15, 0.2) is 0 Å². The summed E-state index contributed by atoms with van der Waals surface area (Å²) < 4.78 is 1.40. The van der Waals surface area contributed by atoms with Crippen LogP contribution in [0.1, 0.15) is 11.1 Å². The first kappa shape index (κ1) is 19.4. The van der Waals surface area contributed by atoms with E-state index in [1.807, 2.05) is 29.2 Å². The number of piperazine rings is 1. The van der Waals surface area contributed by atoms with Crippen LogP contribution in [0, 0.1) is 13.8 Å². The van der Waals surface area contributed by atoms with Gasteiger partial charge in [-0.2, -0.15) is 0 Å². The Morgan fingerprint density at radius 1 is 1.06 bits per heavy atom. The van der Waals surface area contributed by atoms with Crippen LogP contribution in [0.15, 0.2) is 53.6 Å². The molecule has 2 aromatic carbocycles. The number of aromatic nitrogens is 3. The number of hydrogen-bond donors (Lipinski definition) is 1. The minimum absolute atomic E-state index is 0.000693. The fourth-order valence-electron chi connectivity index (χ4n) is 4.45. The van der Waals surface area contributed by atoms with Crippen LogP contribution >= 0.6 is 0 Å². The summed E-state index contributed by atoms with van der Waals surface area (Å²) in [5.74, 6) is -0.0559. The maximum atomic E-state index is 12.9. The van der Waals surface area contributed by atoms with Crippen LogP contribution in [0.3, 0.4) is 0 Å². The summed E-state index contributed by atoms with van der Waals surface area (Å²) >= 11 is 0. The predicted molar refractivity (Wildman–Crippen MR) is 123 cm³/mol. The lowest BCUT2D eigenvalue weighted by Gasteiger charge is -2.37. The second-order valence-electron chi connectivity index (χ2n) is 8.23. The topological polar surface area (TPSA) is 74.2 Å². The number of nitrogens with zero attached hydrogens (tertiary/aromatic N) is 4. The molecule has 0 bridgehead atoms. The molecule has 0 unspecified atom stereocenters. The van der Waals surface area contributed by atoms with Gasteiger partial charge in [0.1, 0.15) is 17.6 Å². The van der Waals surface area contributed by atoms with Crippen molar-refractivity contribution in [1.82, 2.24) is 19.4 Å². The second-order valence-corrected chi connectivity index (χ2v) is 8.23.